The molecule has 2 N–H and O–H groups in total. The molecular weight excluding hydrogens is 295 g/mol. The lowest BCUT2D eigenvalue weighted by molar-refractivity contribution is 0.309. The van der Waals surface area contributed by atoms with Crippen LogP contribution in [0.15, 0.2) is 22.7 Å². The summed E-state index contributed by atoms with van der Waals surface area (Å²) < 4.78 is 14.5. The third-order valence-corrected chi connectivity index (χ3v) is 3.67. The molecule has 1 atom stereocenters. The molecule has 0 amide bonds. The first-order valence-electron chi connectivity index (χ1n) is 6.35. The number of hydrogen-bond acceptors (Lipinski definition) is 2. The Morgan fingerprint density at radius 3 is 2.78 bits per heavy atom. The van der Waals surface area contributed by atoms with E-state index in [4.69, 9.17) is 5.73 Å². The van der Waals surface area contributed by atoms with Crippen LogP contribution >= 0.6 is 15.9 Å². The Bertz CT molecular complexity index is 371. The van der Waals surface area contributed by atoms with Crippen LogP contribution in [-0.4, -0.2) is 31.6 Å². The molecule has 1 unspecified atom stereocenters. The van der Waals surface area contributed by atoms with Gasteiger partial charge in [0.1, 0.15) is 5.82 Å². The summed E-state index contributed by atoms with van der Waals surface area (Å²) in [5, 5.41) is 0. The first kappa shape index (κ1) is 15.6. The van der Waals surface area contributed by atoms with Crippen molar-refractivity contribution >= 4 is 15.9 Å². The predicted molar refractivity (Wildman–Crippen MR) is 78.1 cm³/mol. The normalized spacial score (nSPS) is 13.0. The molecule has 0 fully saturated rings. The minimum atomic E-state index is -0.123. The van der Waals surface area contributed by atoms with Gasteiger partial charge >= 0.3 is 0 Å². The van der Waals surface area contributed by atoms with Crippen LogP contribution in [0.1, 0.15) is 18.9 Å². The molecule has 0 radical (unpaired) electrons. The Morgan fingerprint density at radius 1 is 1.39 bits per heavy atom. The lowest BCUT2D eigenvalue weighted by atomic mass is 10.1. The number of likely N-dealkylation sites (N-methyl/N-ethyl adjacent to an activating group) is 1. The molecule has 0 aliphatic carbocycles. The number of rotatable bonds is 7. The Morgan fingerprint density at radius 2 is 2.11 bits per heavy atom. The number of halogens is 2. The number of benzene rings is 1. The average Bonchev–Trinajstić information content (AvgIpc) is 2.36. The molecule has 0 saturated carbocycles. The van der Waals surface area contributed by atoms with Gasteiger partial charge in [0.2, 0.25) is 0 Å². The Balaban J connectivity index is 2.37. The van der Waals surface area contributed by atoms with E-state index in [1.807, 2.05) is 6.07 Å². The maximum absolute atomic E-state index is 13.5. The van der Waals surface area contributed by atoms with Gasteiger partial charge in [-0.3, -0.25) is 0 Å². The van der Waals surface area contributed by atoms with Gasteiger partial charge in [-0.2, -0.15) is 0 Å². The molecule has 0 aliphatic heterocycles. The molecule has 4 heteroatoms. The fourth-order valence-corrected chi connectivity index (χ4v) is 2.13. The summed E-state index contributed by atoms with van der Waals surface area (Å²) in [6.45, 7) is 4.76. The molecule has 0 saturated heterocycles. The average molecular weight is 317 g/mol. The minimum Gasteiger partial charge on any atom is -0.330 e. The van der Waals surface area contributed by atoms with Crippen molar-refractivity contribution in [3.63, 3.8) is 0 Å². The van der Waals surface area contributed by atoms with Gasteiger partial charge in [-0.25, -0.2) is 4.39 Å². The van der Waals surface area contributed by atoms with E-state index >= 15 is 0 Å². The van der Waals surface area contributed by atoms with Gasteiger partial charge in [-0.1, -0.05) is 22.9 Å². The Kier molecular flexibility index (Phi) is 6.82. The van der Waals surface area contributed by atoms with Crippen LogP contribution in [0.2, 0.25) is 0 Å². The molecule has 1 aromatic rings. The van der Waals surface area contributed by atoms with Crippen LogP contribution in [0.3, 0.4) is 0 Å². The third kappa shape index (κ3) is 5.46. The maximum Gasteiger partial charge on any atom is 0.126 e. The molecule has 0 heterocycles. The van der Waals surface area contributed by atoms with Crippen LogP contribution in [-0.2, 0) is 6.42 Å². The van der Waals surface area contributed by atoms with Crippen molar-refractivity contribution in [2.24, 2.45) is 11.7 Å². The lowest BCUT2D eigenvalue weighted by Gasteiger charge is -2.18. The fraction of sp³-hybridized carbons (Fsp3) is 0.571. The van der Waals surface area contributed by atoms with Crippen molar-refractivity contribution in [2.75, 3.05) is 26.7 Å². The van der Waals surface area contributed by atoms with E-state index in [1.54, 1.807) is 6.07 Å². The Hall–Kier alpha value is -0.450. The fourth-order valence-electron chi connectivity index (χ4n) is 1.72. The highest BCUT2D eigenvalue weighted by Gasteiger charge is 2.06. The van der Waals surface area contributed by atoms with Crippen LogP contribution in [0, 0.1) is 11.7 Å². The SMILES string of the molecule is CC(CN)CCN(C)CCc1cc(Br)ccc1F. The minimum absolute atomic E-state index is 0.123. The second kappa shape index (κ2) is 7.87. The zero-order chi connectivity index (χ0) is 13.5. The van der Waals surface area contributed by atoms with Crippen LogP contribution in [0.4, 0.5) is 4.39 Å². The molecule has 2 nitrogen and oxygen atoms in total. The highest BCUT2D eigenvalue weighted by molar-refractivity contribution is 9.10. The molecule has 0 spiro atoms. The predicted octanol–water partition coefficient (Wildman–Crippen LogP) is 3.05. The topological polar surface area (TPSA) is 29.3 Å². The van der Waals surface area contributed by atoms with Gasteiger partial charge in [-0.15, -0.1) is 0 Å². The zero-order valence-corrected chi connectivity index (χ0v) is 12.7. The molecule has 0 aliphatic rings. The summed E-state index contributed by atoms with van der Waals surface area (Å²) >= 11 is 3.37. The summed E-state index contributed by atoms with van der Waals surface area (Å²) in [4.78, 5) is 2.23. The first-order chi connectivity index (χ1) is 8.52. The van der Waals surface area contributed by atoms with Crippen molar-refractivity contribution in [3.8, 4) is 0 Å². The van der Waals surface area contributed by atoms with E-state index in [0.717, 1.165) is 42.5 Å². The van der Waals surface area contributed by atoms with Crippen molar-refractivity contribution in [3.05, 3.63) is 34.1 Å². The number of nitrogens with zero attached hydrogens (tertiary/aromatic N) is 1. The monoisotopic (exact) mass is 316 g/mol. The summed E-state index contributed by atoms with van der Waals surface area (Å²) in [6, 6.07) is 5.09. The van der Waals surface area contributed by atoms with E-state index in [9.17, 15) is 4.39 Å². The molecule has 0 aromatic heterocycles. The van der Waals surface area contributed by atoms with Crippen LogP contribution < -0.4 is 5.73 Å². The van der Waals surface area contributed by atoms with E-state index in [1.165, 1.54) is 6.07 Å². The highest BCUT2D eigenvalue weighted by atomic mass is 79.9. The number of nitrogens with two attached hydrogens (primary N) is 1. The van der Waals surface area contributed by atoms with Crippen LogP contribution in [0.25, 0.3) is 0 Å². The summed E-state index contributed by atoms with van der Waals surface area (Å²) in [5.74, 6) is 0.428. The quantitative estimate of drug-likeness (QED) is 0.837. The largest absolute Gasteiger partial charge is 0.330 e. The van der Waals surface area contributed by atoms with E-state index in [0.29, 0.717) is 5.92 Å². The molecule has 1 aromatic carbocycles. The second-order valence-corrected chi connectivity index (χ2v) is 5.83. The lowest BCUT2D eigenvalue weighted by Crippen LogP contribution is -2.25. The van der Waals surface area contributed by atoms with Crippen LogP contribution in [0.5, 0.6) is 0 Å². The van der Waals surface area contributed by atoms with E-state index in [-0.39, 0.29) is 5.82 Å². The highest BCUT2D eigenvalue weighted by Crippen LogP contribution is 2.16. The van der Waals surface area contributed by atoms with Crippen molar-refractivity contribution in [1.29, 1.82) is 0 Å². The summed E-state index contributed by atoms with van der Waals surface area (Å²) in [7, 11) is 2.07. The van der Waals surface area contributed by atoms with Gasteiger partial charge in [0.05, 0.1) is 0 Å². The van der Waals surface area contributed by atoms with E-state index in [2.05, 4.69) is 34.8 Å². The zero-order valence-electron chi connectivity index (χ0n) is 11.1. The molecule has 0 bridgehead atoms. The molecule has 18 heavy (non-hydrogen) atoms. The summed E-state index contributed by atoms with van der Waals surface area (Å²) in [5.41, 5.74) is 6.35. The van der Waals surface area contributed by atoms with Gasteiger partial charge in [-0.05, 0) is 62.7 Å². The third-order valence-electron chi connectivity index (χ3n) is 3.18. The standard InChI is InChI=1S/C14H22BrFN2/c1-11(10-17)5-7-18(2)8-6-12-9-13(15)3-4-14(12)16/h3-4,9,11H,5-8,10,17H2,1-2H3. The van der Waals surface area contributed by atoms with Gasteiger partial charge in [0.25, 0.3) is 0 Å². The van der Waals surface area contributed by atoms with E-state index < -0.39 is 0 Å². The molecule has 1 rings (SSSR count). The first-order valence-corrected chi connectivity index (χ1v) is 7.14. The van der Waals surface area contributed by atoms with Gasteiger partial charge < -0.3 is 10.6 Å². The van der Waals surface area contributed by atoms with Crippen molar-refractivity contribution < 1.29 is 4.39 Å². The van der Waals surface area contributed by atoms with Gasteiger partial charge in [0, 0.05) is 11.0 Å². The van der Waals surface area contributed by atoms with Crippen molar-refractivity contribution in [2.45, 2.75) is 19.8 Å². The molecule has 102 valence electrons. The number of hydrogen-bond donors (Lipinski definition) is 1. The molecular formula is C14H22BrFN2. The van der Waals surface area contributed by atoms with Gasteiger partial charge in [0.15, 0.2) is 0 Å². The smallest absolute Gasteiger partial charge is 0.126 e. The Labute approximate surface area is 117 Å². The second-order valence-electron chi connectivity index (χ2n) is 4.92. The maximum atomic E-state index is 13.5. The van der Waals surface area contributed by atoms with Crippen molar-refractivity contribution in [1.82, 2.24) is 4.90 Å². The summed E-state index contributed by atoms with van der Waals surface area (Å²) in [6.07, 6.45) is 1.83.